The number of anilines is 1. The number of hydrogen-bond acceptors (Lipinski definition) is 7. The molecule has 0 saturated carbocycles. The standard InChI is InChI=1S/C20H16FN3O6/c1-3-29-19-9-13(4-7-18(19)30-12(2)25)8-14(11-22)20(26)23-17-10-15(24(27)28)5-6-16(17)21/h4-10H,3H2,1-2H3,(H,23,26). The highest BCUT2D eigenvalue weighted by Crippen LogP contribution is 2.30. The number of carbonyl (C=O) groups excluding carboxylic acids is 2. The molecule has 0 atom stereocenters. The summed E-state index contributed by atoms with van der Waals surface area (Å²) >= 11 is 0. The Labute approximate surface area is 170 Å². The molecule has 30 heavy (non-hydrogen) atoms. The van der Waals surface area contributed by atoms with Gasteiger partial charge in [-0.25, -0.2) is 4.39 Å². The van der Waals surface area contributed by atoms with E-state index in [0.717, 1.165) is 18.2 Å². The number of nitriles is 1. The number of ether oxygens (including phenoxy) is 2. The number of nitrogens with one attached hydrogen (secondary N) is 1. The second-order valence-corrected chi connectivity index (χ2v) is 5.78. The maximum Gasteiger partial charge on any atom is 0.308 e. The molecule has 0 aliphatic heterocycles. The van der Waals surface area contributed by atoms with Crippen LogP contribution < -0.4 is 14.8 Å². The number of halogens is 1. The monoisotopic (exact) mass is 413 g/mol. The molecule has 1 N–H and O–H groups in total. The molecule has 0 aromatic heterocycles. The summed E-state index contributed by atoms with van der Waals surface area (Å²) in [5, 5.41) is 22.3. The van der Waals surface area contributed by atoms with E-state index in [-0.39, 0.29) is 23.7 Å². The van der Waals surface area contributed by atoms with Gasteiger partial charge in [0, 0.05) is 19.1 Å². The molecular weight excluding hydrogens is 397 g/mol. The fourth-order valence-electron chi connectivity index (χ4n) is 2.35. The maximum absolute atomic E-state index is 13.9. The fourth-order valence-corrected chi connectivity index (χ4v) is 2.35. The van der Waals surface area contributed by atoms with Crippen LogP contribution in [0.15, 0.2) is 42.0 Å². The molecule has 9 nitrogen and oxygen atoms in total. The summed E-state index contributed by atoms with van der Waals surface area (Å²) in [5.41, 5.74) is -0.865. The minimum absolute atomic E-state index is 0.170. The van der Waals surface area contributed by atoms with Crippen LogP contribution in [0.4, 0.5) is 15.8 Å². The second-order valence-electron chi connectivity index (χ2n) is 5.78. The highest BCUT2D eigenvalue weighted by atomic mass is 19.1. The second kappa shape index (κ2) is 9.79. The van der Waals surface area contributed by atoms with Crippen molar-refractivity contribution >= 4 is 29.3 Å². The third-order valence-corrected chi connectivity index (χ3v) is 3.61. The van der Waals surface area contributed by atoms with E-state index in [2.05, 4.69) is 5.32 Å². The van der Waals surface area contributed by atoms with Gasteiger partial charge in [-0.3, -0.25) is 19.7 Å². The normalized spacial score (nSPS) is 10.7. The largest absolute Gasteiger partial charge is 0.490 e. The molecule has 0 saturated heterocycles. The van der Waals surface area contributed by atoms with Gasteiger partial charge in [-0.05, 0) is 36.8 Å². The Morgan fingerprint density at radius 2 is 2.00 bits per heavy atom. The number of nitrogens with zero attached hydrogens (tertiary/aromatic N) is 2. The summed E-state index contributed by atoms with van der Waals surface area (Å²) < 4.78 is 24.3. The van der Waals surface area contributed by atoms with Crippen LogP contribution in [0.5, 0.6) is 11.5 Å². The smallest absolute Gasteiger partial charge is 0.308 e. The number of nitro groups is 1. The number of nitro benzene ring substituents is 1. The van der Waals surface area contributed by atoms with Crippen LogP contribution in [0.3, 0.4) is 0 Å². The van der Waals surface area contributed by atoms with Crippen molar-refractivity contribution in [2.75, 3.05) is 11.9 Å². The van der Waals surface area contributed by atoms with Gasteiger partial charge < -0.3 is 14.8 Å². The molecule has 0 aliphatic rings. The quantitative estimate of drug-likeness (QED) is 0.183. The summed E-state index contributed by atoms with van der Waals surface area (Å²) in [6.45, 7) is 3.23. The van der Waals surface area contributed by atoms with Crippen molar-refractivity contribution in [3.63, 3.8) is 0 Å². The van der Waals surface area contributed by atoms with Crippen molar-refractivity contribution in [2.24, 2.45) is 0 Å². The third kappa shape index (κ3) is 5.62. The molecule has 154 valence electrons. The highest BCUT2D eigenvalue weighted by Gasteiger charge is 2.16. The number of amides is 1. The zero-order valence-corrected chi connectivity index (χ0v) is 16.0. The zero-order chi connectivity index (χ0) is 22.3. The molecule has 0 heterocycles. The van der Waals surface area contributed by atoms with Crippen LogP contribution in [0.2, 0.25) is 0 Å². The van der Waals surface area contributed by atoms with Crippen LogP contribution >= 0.6 is 0 Å². The minimum atomic E-state index is -0.959. The molecule has 2 aromatic rings. The van der Waals surface area contributed by atoms with E-state index in [0.29, 0.717) is 5.56 Å². The predicted molar refractivity (Wildman–Crippen MR) is 104 cm³/mol. The Morgan fingerprint density at radius 1 is 1.27 bits per heavy atom. The first-order valence-corrected chi connectivity index (χ1v) is 8.57. The van der Waals surface area contributed by atoms with Crippen LogP contribution in [-0.2, 0) is 9.59 Å². The van der Waals surface area contributed by atoms with Crippen molar-refractivity contribution in [1.82, 2.24) is 0 Å². The number of esters is 1. The Kier molecular flexibility index (Phi) is 7.19. The van der Waals surface area contributed by atoms with Crippen molar-refractivity contribution in [2.45, 2.75) is 13.8 Å². The Bertz CT molecular complexity index is 1070. The lowest BCUT2D eigenvalue weighted by atomic mass is 10.1. The van der Waals surface area contributed by atoms with Gasteiger partial charge in [-0.15, -0.1) is 0 Å². The van der Waals surface area contributed by atoms with E-state index in [9.17, 15) is 29.4 Å². The van der Waals surface area contributed by atoms with E-state index in [4.69, 9.17) is 9.47 Å². The molecular formula is C20H16FN3O6. The lowest BCUT2D eigenvalue weighted by Crippen LogP contribution is -2.14. The van der Waals surface area contributed by atoms with E-state index >= 15 is 0 Å². The van der Waals surface area contributed by atoms with Crippen LogP contribution in [-0.4, -0.2) is 23.4 Å². The number of rotatable bonds is 7. The first kappa shape index (κ1) is 22.0. The number of carbonyl (C=O) groups is 2. The minimum Gasteiger partial charge on any atom is -0.490 e. The number of benzene rings is 2. The number of non-ortho nitro benzene ring substituents is 1. The van der Waals surface area contributed by atoms with Crippen LogP contribution in [0.1, 0.15) is 19.4 Å². The molecule has 0 spiro atoms. The fraction of sp³-hybridized carbons (Fsp3) is 0.150. The van der Waals surface area contributed by atoms with E-state index in [1.165, 1.54) is 31.2 Å². The SMILES string of the molecule is CCOc1cc(C=C(C#N)C(=O)Nc2cc([N+](=O)[O-])ccc2F)ccc1OC(C)=O. The van der Waals surface area contributed by atoms with Crippen molar-refractivity contribution in [3.05, 3.63) is 63.5 Å². The third-order valence-electron chi connectivity index (χ3n) is 3.61. The van der Waals surface area contributed by atoms with Gasteiger partial charge in [0.2, 0.25) is 0 Å². The molecule has 0 radical (unpaired) electrons. The Morgan fingerprint density at radius 3 is 2.60 bits per heavy atom. The van der Waals surface area contributed by atoms with Gasteiger partial charge in [-0.2, -0.15) is 5.26 Å². The Hall–Kier alpha value is -4.26. The summed E-state index contributed by atoms with van der Waals surface area (Å²) in [4.78, 5) is 33.6. The van der Waals surface area contributed by atoms with E-state index in [1.807, 2.05) is 0 Å². The van der Waals surface area contributed by atoms with Gasteiger partial charge in [0.25, 0.3) is 11.6 Å². The zero-order valence-electron chi connectivity index (χ0n) is 16.0. The lowest BCUT2D eigenvalue weighted by molar-refractivity contribution is -0.384. The van der Waals surface area contributed by atoms with Crippen molar-refractivity contribution < 1.29 is 28.4 Å². The molecule has 0 fully saturated rings. The first-order valence-electron chi connectivity index (χ1n) is 8.57. The lowest BCUT2D eigenvalue weighted by Gasteiger charge is -2.10. The van der Waals surface area contributed by atoms with E-state index < -0.39 is 34.0 Å². The van der Waals surface area contributed by atoms with Crippen molar-refractivity contribution in [3.8, 4) is 17.6 Å². The highest BCUT2D eigenvalue weighted by molar-refractivity contribution is 6.09. The molecule has 1 amide bonds. The van der Waals surface area contributed by atoms with Crippen LogP contribution in [0.25, 0.3) is 6.08 Å². The van der Waals surface area contributed by atoms with Gasteiger partial charge in [-0.1, -0.05) is 6.07 Å². The van der Waals surface area contributed by atoms with Crippen LogP contribution in [0, 0.1) is 27.3 Å². The maximum atomic E-state index is 13.9. The number of hydrogen-bond donors (Lipinski definition) is 1. The summed E-state index contributed by atoms with van der Waals surface area (Å²) in [7, 11) is 0. The Balaban J connectivity index is 2.33. The molecule has 10 heteroatoms. The molecule has 2 rings (SSSR count). The average molecular weight is 413 g/mol. The summed E-state index contributed by atoms with van der Waals surface area (Å²) in [6, 6.07) is 8.71. The average Bonchev–Trinajstić information content (AvgIpc) is 2.69. The summed E-state index contributed by atoms with van der Waals surface area (Å²) in [6.07, 6.45) is 1.21. The van der Waals surface area contributed by atoms with Crippen molar-refractivity contribution in [1.29, 1.82) is 5.26 Å². The van der Waals surface area contributed by atoms with E-state index in [1.54, 1.807) is 13.0 Å². The molecule has 0 bridgehead atoms. The molecule has 0 unspecified atom stereocenters. The topological polar surface area (TPSA) is 132 Å². The summed E-state index contributed by atoms with van der Waals surface area (Å²) in [5.74, 6) is -2.00. The van der Waals surface area contributed by atoms with Gasteiger partial charge >= 0.3 is 5.97 Å². The first-order chi connectivity index (χ1) is 14.2. The van der Waals surface area contributed by atoms with Gasteiger partial charge in [0.1, 0.15) is 17.5 Å². The molecule has 0 aliphatic carbocycles. The molecule has 2 aromatic carbocycles. The predicted octanol–water partition coefficient (Wildman–Crippen LogP) is 3.60. The van der Waals surface area contributed by atoms with Gasteiger partial charge in [0.05, 0.1) is 17.2 Å². The van der Waals surface area contributed by atoms with Gasteiger partial charge in [0.15, 0.2) is 11.5 Å².